The molecule has 1 heterocycles. The van der Waals surface area contributed by atoms with Crippen LogP contribution in [0.15, 0.2) is 18.2 Å². The zero-order chi connectivity index (χ0) is 11.7. The van der Waals surface area contributed by atoms with Gasteiger partial charge in [0.05, 0.1) is 11.4 Å². The lowest BCUT2D eigenvalue weighted by atomic mass is 10.1. The van der Waals surface area contributed by atoms with Crippen LogP contribution >= 0.6 is 12.6 Å². The second-order valence-corrected chi connectivity index (χ2v) is 4.33. The first-order valence-corrected chi connectivity index (χ1v) is 5.71. The molecule has 86 valence electrons. The van der Waals surface area contributed by atoms with E-state index in [0.29, 0.717) is 30.1 Å². The van der Waals surface area contributed by atoms with Crippen LogP contribution in [0.25, 0.3) is 0 Å². The fourth-order valence-corrected chi connectivity index (χ4v) is 2.13. The van der Waals surface area contributed by atoms with Gasteiger partial charge in [0.15, 0.2) is 0 Å². The second kappa shape index (κ2) is 4.33. The Morgan fingerprint density at radius 1 is 1.56 bits per heavy atom. The molecule has 5 heteroatoms. The van der Waals surface area contributed by atoms with Gasteiger partial charge in [-0.1, -0.05) is 0 Å². The molecule has 0 aromatic heterocycles. The Labute approximate surface area is 98.8 Å². The third kappa shape index (κ3) is 2.00. The molecule has 0 bridgehead atoms. The zero-order valence-electron chi connectivity index (χ0n) is 8.69. The Hall–Kier alpha value is -1.23. The van der Waals surface area contributed by atoms with Crippen molar-refractivity contribution in [2.75, 3.05) is 22.9 Å². The maximum atomic E-state index is 13.1. The van der Waals surface area contributed by atoms with Gasteiger partial charge in [-0.25, -0.2) is 4.39 Å². The molecule has 0 saturated carbocycles. The maximum Gasteiger partial charge on any atom is 0.227 e. The number of thiol groups is 1. The number of nitrogens with zero attached hydrogens (tertiary/aromatic N) is 1. The molecule has 1 fully saturated rings. The molecule has 1 aliphatic heterocycles. The summed E-state index contributed by atoms with van der Waals surface area (Å²) in [5.41, 5.74) is 6.63. The number of hydrogen-bond donors (Lipinski definition) is 2. The lowest BCUT2D eigenvalue weighted by molar-refractivity contribution is -0.117. The number of rotatable bonds is 2. The van der Waals surface area contributed by atoms with Crippen molar-refractivity contribution in [1.29, 1.82) is 0 Å². The summed E-state index contributed by atoms with van der Waals surface area (Å²) < 4.78 is 13.1. The molecule has 2 N–H and O–H groups in total. The second-order valence-electron chi connectivity index (χ2n) is 3.96. The van der Waals surface area contributed by atoms with Crippen LogP contribution in [-0.4, -0.2) is 18.2 Å². The fourth-order valence-electron chi connectivity index (χ4n) is 1.89. The molecule has 1 amide bonds. The molecular weight excluding hydrogens is 227 g/mol. The summed E-state index contributed by atoms with van der Waals surface area (Å²) in [6.07, 6.45) is 0.458. The van der Waals surface area contributed by atoms with E-state index >= 15 is 0 Å². The van der Waals surface area contributed by atoms with Gasteiger partial charge in [-0.2, -0.15) is 12.6 Å². The number of anilines is 2. The lowest BCUT2D eigenvalue weighted by Gasteiger charge is -2.18. The predicted molar refractivity (Wildman–Crippen MR) is 65.1 cm³/mol. The number of carbonyl (C=O) groups is 1. The van der Waals surface area contributed by atoms with Crippen LogP contribution in [0.3, 0.4) is 0 Å². The first kappa shape index (κ1) is 11.3. The van der Waals surface area contributed by atoms with Gasteiger partial charge in [0, 0.05) is 13.0 Å². The van der Waals surface area contributed by atoms with E-state index in [1.807, 2.05) is 0 Å². The summed E-state index contributed by atoms with van der Waals surface area (Å²) in [4.78, 5) is 13.3. The monoisotopic (exact) mass is 240 g/mol. The molecular formula is C11H13FN2OS. The van der Waals surface area contributed by atoms with Crippen LogP contribution in [0.1, 0.15) is 6.42 Å². The third-order valence-corrected chi connectivity index (χ3v) is 3.26. The Balaban J connectivity index is 2.30. The quantitative estimate of drug-likeness (QED) is 0.610. The molecule has 0 radical (unpaired) electrons. The molecule has 1 aromatic rings. The summed E-state index contributed by atoms with van der Waals surface area (Å²) >= 11 is 4.17. The number of benzene rings is 1. The highest BCUT2D eigenvalue weighted by Crippen LogP contribution is 2.30. The third-order valence-electron chi connectivity index (χ3n) is 2.75. The first-order chi connectivity index (χ1) is 7.61. The summed E-state index contributed by atoms with van der Waals surface area (Å²) in [6.45, 7) is 0.565. The molecule has 1 atom stereocenters. The zero-order valence-corrected chi connectivity index (χ0v) is 9.58. The number of amides is 1. The number of nitrogens with two attached hydrogens (primary N) is 1. The van der Waals surface area contributed by atoms with Crippen molar-refractivity contribution in [2.45, 2.75) is 6.42 Å². The van der Waals surface area contributed by atoms with Gasteiger partial charge in [0.25, 0.3) is 0 Å². The molecule has 1 unspecified atom stereocenters. The Morgan fingerprint density at radius 3 is 2.94 bits per heavy atom. The number of carbonyl (C=O) groups excluding carboxylic acids is 1. The topological polar surface area (TPSA) is 46.3 Å². The minimum absolute atomic E-state index is 0.0173. The highest BCUT2D eigenvalue weighted by molar-refractivity contribution is 7.80. The van der Waals surface area contributed by atoms with E-state index in [1.165, 1.54) is 18.2 Å². The highest BCUT2D eigenvalue weighted by atomic mass is 32.1. The Bertz CT molecular complexity index is 424. The van der Waals surface area contributed by atoms with E-state index in [0.717, 1.165) is 0 Å². The van der Waals surface area contributed by atoms with E-state index in [2.05, 4.69) is 12.6 Å². The molecule has 1 aromatic carbocycles. The van der Waals surface area contributed by atoms with Crippen molar-refractivity contribution in [2.24, 2.45) is 5.92 Å². The van der Waals surface area contributed by atoms with E-state index in [4.69, 9.17) is 5.73 Å². The number of halogens is 1. The van der Waals surface area contributed by atoms with Crippen molar-refractivity contribution in [3.05, 3.63) is 24.0 Å². The van der Waals surface area contributed by atoms with Gasteiger partial charge in [-0.15, -0.1) is 0 Å². The van der Waals surface area contributed by atoms with Crippen LogP contribution in [0, 0.1) is 11.7 Å². The maximum absolute atomic E-state index is 13.1. The van der Waals surface area contributed by atoms with Gasteiger partial charge in [-0.3, -0.25) is 4.79 Å². The van der Waals surface area contributed by atoms with Crippen molar-refractivity contribution >= 4 is 29.9 Å². The number of nitrogen functional groups attached to an aromatic ring is 1. The van der Waals surface area contributed by atoms with Crippen LogP contribution in [0.4, 0.5) is 15.8 Å². The van der Waals surface area contributed by atoms with E-state index in [1.54, 1.807) is 4.90 Å². The molecule has 3 nitrogen and oxygen atoms in total. The SMILES string of the molecule is Nc1ccc(F)cc1N1CC(CS)CC1=O. The summed E-state index contributed by atoms with van der Waals surface area (Å²) in [6, 6.07) is 4.07. The van der Waals surface area contributed by atoms with Crippen LogP contribution in [-0.2, 0) is 4.79 Å². The minimum atomic E-state index is -0.383. The smallest absolute Gasteiger partial charge is 0.227 e. The largest absolute Gasteiger partial charge is 0.397 e. The van der Waals surface area contributed by atoms with Gasteiger partial charge < -0.3 is 10.6 Å². The average Bonchev–Trinajstić information content (AvgIpc) is 2.63. The van der Waals surface area contributed by atoms with Crippen LogP contribution < -0.4 is 10.6 Å². The Morgan fingerprint density at radius 2 is 2.31 bits per heavy atom. The van der Waals surface area contributed by atoms with E-state index in [-0.39, 0.29) is 17.6 Å². The van der Waals surface area contributed by atoms with Crippen molar-refractivity contribution in [3.8, 4) is 0 Å². The number of hydrogen-bond acceptors (Lipinski definition) is 3. The standard InChI is InChI=1S/C11H13FN2OS/c12-8-1-2-9(13)10(4-8)14-5-7(6-16)3-11(14)15/h1-2,4,7,16H,3,5-6,13H2. The van der Waals surface area contributed by atoms with Gasteiger partial charge in [0.1, 0.15) is 5.82 Å². The molecule has 1 aliphatic rings. The van der Waals surface area contributed by atoms with Crippen molar-refractivity contribution in [1.82, 2.24) is 0 Å². The summed E-state index contributed by atoms with van der Waals surface area (Å²) in [7, 11) is 0. The highest BCUT2D eigenvalue weighted by Gasteiger charge is 2.30. The lowest BCUT2D eigenvalue weighted by Crippen LogP contribution is -2.25. The fraction of sp³-hybridized carbons (Fsp3) is 0.364. The average molecular weight is 240 g/mol. The van der Waals surface area contributed by atoms with E-state index < -0.39 is 0 Å². The van der Waals surface area contributed by atoms with Crippen LogP contribution in [0.2, 0.25) is 0 Å². The van der Waals surface area contributed by atoms with Gasteiger partial charge >= 0.3 is 0 Å². The predicted octanol–water partition coefficient (Wildman–Crippen LogP) is 1.69. The summed E-state index contributed by atoms with van der Waals surface area (Å²) in [5, 5.41) is 0. The molecule has 1 saturated heterocycles. The van der Waals surface area contributed by atoms with E-state index in [9.17, 15) is 9.18 Å². The Kier molecular flexibility index (Phi) is 3.05. The van der Waals surface area contributed by atoms with Crippen molar-refractivity contribution in [3.63, 3.8) is 0 Å². The van der Waals surface area contributed by atoms with Gasteiger partial charge in [-0.05, 0) is 29.9 Å². The molecule has 0 aliphatic carbocycles. The molecule has 2 rings (SSSR count). The summed E-state index contributed by atoms with van der Waals surface area (Å²) in [5.74, 6) is 0.471. The molecule has 16 heavy (non-hydrogen) atoms. The van der Waals surface area contributed by atoms with Crippen LogP contribution in [0.5, 0.6) is 0 Å². The molecule has 0 spiro atoms. The van der Waals surface area contributed by atoms with Crippen molar-refractivity contribution < 1.29 is 9.18 Å². The van der Waals surface area contributed by atoms with Gasteiger partial charge in [0.2, 0.25) is 5.91 Å². The first-order valence-electron chi connectivity index (χ1n) is 5.08. The normalized spacial score (nSPS) is 20.5. The minimum Gasteiger partial charge on any atom is -0.397 e.